The van der Waals surface area contributed by atoms with Crippen molar-refractivity contribution in [3.63, 3.8) is 0 Å². The molecule has 0 atom stereocenters. The highest BCUT2D eigenvalue weighted by Crippen LogP contribution is 2.47. The average molecular weight is 415 g/mol. The molecule has 0 amide bonds. The van der Waals surface area contributed by atoms with E-state index in [1.807, 2.05) is 36.4 Å². The summed E-state index contributed by atoms with van der Waals surface area (Å²) < 4.78 is 10.7. The third-order valence-electron chi connectivity index (χ3n) is 5.73. The van der Waals surface area contributed by atoms with Crippen molar-refractivity contribution in [3.05, 3.63) is 119 Å². The minimum Gasteiger partial charge on any atom is -0.497 e. The van der Waals surface area contributed by atoms with Gasteiger partial charge in [-0.05, 0) is 64.2 Å². The van der Waals surface area contributed by atoms with Crippen LogP contribution >= 0.6 is 0 Å². The van der Waals surface area contributed by atoms with Gasteiger partial charge >= 0.3 is 0 Å². The number of benzene rings is 4. The summed E-state index contributed by atoms with van der Waals surface area (Å²) in [7, 11) is 3.35. The van der Waals surface area contributed by atoms with Crippen LogP contribution in [-0.2, 0) is 0 Å². The third-order valence-corrected chi connectivity index (χ3v) is 5.73. The predicted molar refractivity (Wildman–Crippen MR) is 131 cm³/mol. The fraction of sp³-hybridized carbons (Fsp3) is 0.0667. The summed E-state index contributed by atoms with van der Waals surface area (Å²) >= 11 is 0. The molecule has 0 fully saturated rings. The van der Waals surface area contributed by atoms with Gasteiger partial charge in [-0.25, -0.2) is 0 Å². The Kier molecular flexibility index (Phi) is 5.24. The maximum Gasteiger partial charge on any atom is 0.118 e. The molecule has 2 heteroatoms. The van der Waals surface area contributed by atoms with Crippen molar-refractivity contribution in [1.82, 2.24) is 0 Å². The second-order valence-electron chi connectivity index (χ2n) is 7.55. The van der Waals surface area contributed by atoms with Crippen LogP contribution in [0, 0.1) is 11.8 Å². The molecule has 0 saturated heterocycles. The number of hydrogen-bond donors (Lipinski definition) is 0. The van der Waals surface area contributed by atoms with Gasteiger partial charge < -0.3 is 9.47 Å². The lowest BCUT2D eigenvalue weighted by Gasteiger charge is -2.10. The molecule has 0 spiro atoms. The summed E-state index contributed by atoms with van der Waals surface area (Å²) in [5.74, 6) is 8.52. The first-order chi connectivity index (χ1) is 15.8. The van der Waals surface area contributed by atoms with E-state index in [0.29, 0.717) is 0 Å². The van der Waals surface area contributed by atoms with E-state index in [2.05, 4.69) is 72.5 Å². The zero-order valence-electron chi connectivity index (χ0n) is 18.1. The monoisotopic (exact) mass is 414 g/mol. The number of allylic oxidation sites excluding steroid dienone is 1. The molecule has 4 aromatic rings. The van der Waals surface area contributed by atoms with Gasteiger partial charge in [0.1, 0.15) is 11.5 Å². The largest absolute Gasteiger partial charge is 0.497 e. The molecule has 4 aromatic carbocycles. The van der Waals surface area contributed by atoms with Crippen LogP contribution < -0.4 is 9.47 Å². The van der Waals surface area contributed by atoms with Crippen LogP contribution in [-0.4, -0.2) is 14.2 Å². The van der Waals surface area contributed by atoms with Crippen LogP contribution in [0.5, 0.6) is 11.5 Å². The molecule has 2 nitrogen and oxygen atoms in total. The smallest absolute Gasteiger partial charge is 0.118 e. The van der Waals surface area contributed by atoms with Gasteiger partial charge in [0, 0.05) is 16.7 Å². The van der Waals surface area contributed by atoms with Crippen molar-refractivity contribution >= 4 is 11.1 Å². The lowest BCUT2D eigenvalue weighted by atomic mass is 9.93. The molecule has 0 unspecified atom stereocenters. The number of hydrogen-bond acceptors (Lipinski definition) is 2. The van der Waals surface area contributed by atoms with E-state index in [9.17, 15) is 0 Å². The Bertz CT molecular complexity index is 1320. The Morgan fingerprint density at radius 1 is 0.562 bits per heavy atom. The summed E-state index contributed by atoms with van der Waals surface area (Å²) in [5, 5.41) is 0. The molecule has 0 aliphatic heterocycles. The zero-order valence-corrected chi connectivity index (χ0v) is 18.1. The maximum absolute atomic E-state index is 5.37. The Hall–Kier alpha value is -4.22. The van der Waals surface area contributed by atoms with E-state index in [4.69, 9.17) is 9.47 Å². The van der Waals surface area contributed by atoms with Crippen molar-refractivity contribution < 1.29 is 9.47 Å². The van der Waals surface area contributed by atoms with Crippen LogP contribution in [0.2, 0.25) is 0 Å². The minimum absolute atomic E-state index is 0.822. The third kappa shape index (κ3) is 3.55. The second kappa shape index (κ2) is 8.49. The van der Waals surface area contributed by atoms with Gasteiger partial charge in [0.15, 0.2) is 0 Å². The Labute approximate surface area is 188 Å². The van der Waals surface area contributed by atoms with Gasteiger partial charge in [0.2, 0.25) is 0 Å². The van der Waals surface area contributed by atoms with E-state index < -0.39 is 0 Å². The summed E-state index contributed by atoms with van der Waals surface area (Å²) in [5.41, 5.74) is 9.09. The summed E-state index contributed by atoms with van der Waals surface area (Å²) in [6, 6.07) is 33.1. The first-order valence-electron chi connectivity index (χ1n) is 10.5. The highest BCUT2D eigenvalue weighted by Gasteiger charge is 2.25. The van der Waals surface area contributed by atoms with Crippen LogP contribution in [0.25, 0.3) is 22.3 Å². The molecule has 154 valence electrons. The van der Waals surface area contributed by atoms with E-state index in [1.165, 1.54) is 27.8 Å². The first-order valence-corrected chi connectivity index (χ1v) is 10.5. The van der Waals surface area contributed by atoms with E-state index in [-0.39, 0.29) is 0 Å². The number of fused-ring (bicyclic) bond motifs is 3. The highest BCUT2D eigenvalue weighted by atomic mass is 16.5. The van der Waals surface area contributed by atoms with Crippen molar-refractivity contribution in [3.8, 4) is 34.5 Å². The molecular weight excluding hydrogens is 392 g/mol. The number of rotatable bonds is 3. The van der Waals surface area contributed by atoms with Gasteiger partial charge in [-0.15, -0.1) is 0 Å². The molecule has 0 saturated carbocycles. The van der Waals surface area contributed by atoms with Crippen LogP contribution in [0.1, 0.15) is 22.3 Å². The van der Waals surface area contributed by atoms with Gasteiger partial charge in [-0.3, -0.25) is 0 Å². The van der Waals surface area contributed by atoms with Gasteiger partial charge in [0.05, 0.1) is 14.2 Å². The molecule has 1 aliphatic rings. The average Bonchev–Trinajstić information content (AvgIpc) is 3.19. The normalized spacial score (nSPS) is 11.1. The SMILES string of the molecule is COc1ccc(C#CC(=C2c3ccccc3-c3ccccc32)c2ccc(OC)cc2)cc1. The van der Waals surface area contributed by atoms with Gasteiger partial charge in [-0.1, -0.05) is 72.5 Å². The number of ether oxygens (including phenoxy) is 2. The molecule has 5 rings (SSSR count). The minimum atomic E-state index is 0.822. The fourth-order valence-corrected chi connectivity index (χ4v) is 4.13. The van der Waals surface area contributed by atoms with Crippen LogP contribution in [0.4, 0.5) is 0 Å². The molecule has 32 heavy (non-hydrogen) atoms. The summed E-state index contributed by atoms with van der Waals surface area (Å²) in [4.78, 5) is 0. The zero-order chi connectivity index (χ0) is 21.9. The molecule has 0 heterocycles. The molecule has 0 radical (unpaired) electrons. The van der Waals surface area contributed by atoms with E-state index >= 15 is 0 Å². The quantitative estimate of drug-likeness (QED) is 0.306. The Morgan fingerprint density at radius 3 is 1.53 bits per heavy atom. The highest BCUT2D eigenvalue weighted by molar-refractivity contribution is 6.13. The Morgan fingerprint density at radius 2 is 1.03 bits per heavy atom. The lowest BCUT2D eigenvalue weighted by molar-refractivity contribution is 0.414. The lowest BCUT2D eigenvalue weighted by Crippen LogP contribution is -1.91. The van der Waals surface area contributed by atoms with Gasteiger partial charge in [-0.2, -0.15) is 0 Å². The maximum atomic E-state index is 5.37. The van der Waals surface area contributed by atoms with Crippen molar-refractivity contribution in [1.29, 1.82) is 0 Å². The molecule has 0 aromatic heterocycles. The second-order valence-corrected chi connectivity index (χ2v) is 7.55. The van der Waals surface area contributed by atoms with E-state index in [1.54, 1.807) is 14.2 Å². The van der Waals surface area contributed by atoms with E-state index in [0.717, 1.165) is 28.2 Å². The molecule has 0 N–H and O–H groups in total. The molecule has 1 aliphatic carbocycles. The summed E-state index contributed by atoms with van der Waals surface area (Å²) in [6.45, 7) is 0. The standard InChI is InChI=1S/C30H22O2/c1-31-23-16-11-21(12-17-23)13-20-25(22-14-18-24(32-2)19-15-22)30-28-9-5-3-7-26(28)27-8-4-6-10-29(27)30/h3-12,14-19H,1-2H3. The van der Waals surface area contributed by atoms with Crippen LogP contribution in [0.3, 0.4) is 0 Å². The van der Waals surface area contributed by atoms with Crippen molar-refractivity contribution in [2.24, 2.45) is 0 Å². The molecule has 0 bridgehead atoms. The fourth-order valence-electron chi connectivity index (χ4n) is 4.13. The molecular formula is C30H22O2. The van der Waals surface area contributed by atoms with Crippen molar-refractivity contribution in [2.45, 2.75) is 0 Å². The Balaban J connectivity index is 1.75. The topological polar surface area (TPSA) is 18.5 Å². The number of methoxy groups -OCH3 is 2. The first kappa shape index (κ1) is 19.7. The summed E-state index contributed by atoms with van der Waals surface area (Å²) in [6.07, 6.45) is 0. The van der Waals surface area contributed by atoms with Crippen LogP contribution in [0.15, 0.2) is 97.1 Å². The van der Waals surface area contributed by atoms with Crippen molar-refractivity contribution in [2.75, 3.05) is 14.2 Å². The predicted octanol–water partition coefficient (Wildman–Crippen LogP) is 6.70. The van der Waals surface area contributed by atoms with Gasteiger partial charge in [0.25, 0.3) is 0 Å².